The molecule has 2 aromatic heterocycles. The lowest BCUT2D eigenvalue weighted by molar-refractivity contribution is 0.418. The lowest BCUT2D eigenvalue weighted by Gasteiger charge is -2.09. The fourth-order valence-electron chi connectivity index (χ4n) is 5.30. The van der Waals surface area contributed by atoms with E-state index in [0.717, 1.165) is 33.1 Å². The van der Waals surface area contributed by atoms with Gasteiger partial charge in [0, 0.05) is 27.2 Å². The summed E-state index contributed by atoms with van der Waals surface area (Å²) in [6.45, 7) is 0. The van der Waals surface area contributed by atoms with Crippen LogP contribution in [0.15, 0.2) is 118 Å². The van der Waals surface area contributed by atoms with Gasteiger partial charge in [-0.05, 0) is 59.7 Å². The quantitative estimate of drug-likeness (QED) is 0.197. The second-order valence-corrected chi connectivity index (χ2v) is 8.90. The van der Waals surface area contributed by atoms with Crippen molar-refractivity contribution in [2.75, 3.05) is 7.11 Å². The number of aromatic nitrogens is 1. The molecule has 36 heavy (non-hydrogen) atoms. The van der Waals surface area contributed by atoms with Gasteiger partial charge in [-0.3, -0.25) is 0 Å². The summed E-state index contributed by atoms with van der Waals surface area (Å²) in [6, 6.07) is 37.1. The summed E-state index contributed by atoms with van der Waals surface area (Å²) in [5.74, 6) is 0.521. The van der Waals surface area contributed by atoms with E-state index in [2.05, 4.69) is 77.4 Å². The summed E-state index contributed by atoms with van der Waals surface area (Å²) in [5.41, 5.74) is 5.67. The fourth-order valence-corrected chi connectivity index (χ4v) is 5.30. The van der Waals surface area contributed by atoms with Crippen LogP contribution in [-0.2, 0) is 0 Å². The molecule has 7 aromatic rings. The summed E-state index contributed by atoms with van der Waals surface area (Å²) in [4.78, 5) is 12.8. The van der Waals surface area contributed by atoms with Crippen LogP contribution in [0.3, 0.4) is 0 Å². The molecule has 0 unspecified atom stereocenters. The molecule has 0 radical (unpaired) electrons. The molecule has 0 saturated carbocycles. The molecule has 5 aromatic carbocycles. The largest absolute Gasteiger partial charge is 0.496 e. The van der Waals surface area contributed by atoms with Gasteiger partial charge in [0.1, 0.15) is 16.7 Å². The van der Waals surface area contributed by atoms with E-state index in [-0.39, 0.29) is 0 Å². The third kappa shape index (κ3) is 2.98. The molecule has 4 nitrogen and oxygen atoms in total. The number of fused-ring (bicyclic) bond motifs is 6. The molecule has 172 valence electrons. The second kappa shape index (κ2) is 7.85. The molecule has 0 N–H and O–H groups in total. The zero-order valence-corrected chi connectivity index (χ0v) is 19.6. The maximum atomic E-state index is 12.8. The average Bonchev–Trinajstić information content (AvgIpc) is 3.26. The van der Waals surface area contributed by atoms with E-state index in [4.69, 9.17) is 9.15 Å². The first-order valence-electron chi connectivity index (χ1n) is 11.9. The van der Waals surface area contributed by atoms with Gasteiger partial charge in [-0.2, -0.15) is 0 Å². The Morgan fingerprint density at radius 3 is 2.22 bits per heavy atom. The Morgan fingerprint density at radius 1 is 0.639 bits per heavy atom. The summed E-state index contributed by atoms with van der Waals surface area (Å²) in [6.07, 6.45) is 0. The highest BCUT2D eigenvalue weighted by molar-refractivity contribution is 6.11. The molecule has 4 heteroatoms. The van der Waals surface area contributed by atoms with E-state index in [1.54, 1.807) is 13.2 Å². The molecule has 0 atom stereocenters. The monoisotopic (exact) mass is 467 g/mol. The molecule has 0 bridgehead atoms. The predicted molar refractivity (Wildman–Crippen MR) is 146 cm³/mol. The van der Waals surface area contributed by atoms with Crippen LogP contribution >= 0.6 is 0 Å². The van der Waals surface area contributed by atoms with Crippen molar-refractivity contribution in [1.29, 1.82) is 0 Å². The third-order valence-electron chi connectivity index (χ3n) is 6.95. The molecule has 0 spiro atoms. The number of benzene rings is 5. The Kier molecular flexibility index (Phi) is 4.48. The van der Waals surface area contributed by atoms with Crippen molar-refractivity contribution >= 4 is 43.5 Å². The maximum Gasteiger partial charge on any atom is 0.347 e. The molecule has 0 amide bonds. The van der Waals surface area contributed by atoms with Crippen LogP contribution in [0.25, 0.3) is 60.4 Å². The molecule has 7 rings (SSSR count). The summed E-state index contributed by atoms with van der Waals surface area (Å²) >= 11 is 0. The zero-order valence-electron chi connectivity index (χ0n) is 19.6. The first kappa shape index (κ1) is 20.5. The summed E-state index contributed by atoms with van der Waals surface area (Å²) < 4.78 is 13.5. The highest BCUT2D eigenvalue weighted by Crippen LogP contribution is 2.36. The van der Waals surface area contributed by atoms with Crippen LogP contribution in [0, 0.1) is 0 Å². The van der Waals surface area contributed by atoms with Crippen molar-refractivity contribution in [1.82, 2.24) is 4.57 Å². The number of para-hydroxylation sites is 2. The van der Waals surface area contributed by atoms with E-state index in [1.165, 1.54) is 16.3 Å². The highest BCUT2D eigenvalue weighted by atomic mass is 16.5. The number of nitrogens with zero attached hydrogens (tertiary/aromatic N) is 1. The SMILES string of the molecule is COc1cccc2c1c(=O)oc1cc(-c3ccc4c(c3)c3ccccc3n4-c3ccccc3)ccc12. The van der Waals surface area contributed by atoms with Crippen LogP contribution in [0.2, 0.25) is 0 Å². The van der Waals surface area contributed by atoms with Gasteiger partial charge in [-0.1, -0.05) is 60.7 Å². The average molecular weight is 468 g/mol. The predicted octanol–water partition coefficient (Wildman–Crippen LogP) is 7.72. The normalized spacial score (nSPS) is 11.6. The van der Waals surface area contributed by atoms with Gasteiger partial charge in [0.25, 0.3) is 0 Å². The Hall–Kier alpha value is -4.83. The highest BCUT2D eigenvalue weighted by Gasteiger charge is 2.15. The van der Waals surface area contributed by atoms with Crippen molar-refractivity contribution in [3.8, 4) is 22.6 Å². The van der Waals surface area contributed by atoms with Crippen LogP contribution in [-0.4, -0.2) is 11.7 Å². The lowest BCUT2D eigenvalue weighted by atomic mass is 10.00. The van der Waals surface area contributed by atoms with Gasteiger partial charge in [0.05, 0.1) is 18.1 Å². The smallest absolute Gasteiger partial charge is 0.347 e. The third-order valence-corrected chi connectivity index (χ3v) is 6.95. The number of ether oxygens (including phenoxy) is 1. The summed E-state index contributed by atoms with van der Waals surface area (Å²) in [5, 5.41) is 4.55. The van der Waals surface area contributed by atoms with Gasteiger partial charge in [0.2, 0.25) is 0 Å². The minimum Gasteiger partial charge on any atom is -0.496 e. The Bertz CT molecular complexity index is 2000. The molecule has 0 aliphatic rings. The van der Waals surface area contributed by atoms with Crippen LogP contribution in [0.1, 0.15) is 0 Å². The van der Waals surface area contributed by atoms with E-state index in [0.29, 0.717) is 16.7 Å². The van der Waals surface area contributed by atoms with Crippen molar-refractivity contribution in [2.24, 2.45) is 0 Å². The Morgan fingerprint density at radius 2 is 1.36 bits per heavy atom. The second-order valence-electron chi connectivity index (χ2n) is 8.90. The number of hydrogen-bond acceptors (Lipinski definition) is 3. The Labute approximate surface area is 206 Å². The lowest BCUT2D eigenvalue weighted by Crippen LogP contribution is -2.02. The van der Waals surface area contributed by atoms with Crippen LogP contribution in [0.5, 0.6) is 5.75 Å². The van der Waals surface area contributed by atoms with E-state index in [1.807, 2.05) is 30.3 Å². The molecular formula is C32H21NO3. The molecule has 0 fully saturated rings. The molecular weight excluding hydrogens is 446 g/mol. The minimum absolute atomic E-state index is 0.395. The first-order chi connectivity index (χ1) is 17.7. The van der Waals surface area contributed by atoms with Gasteiger partial charge < -0.3 is 13.7 Å². The minimum atomic E-state index is -0.395. The molecule has 0 saturated heterocycles. The van der Waals surface area contributed by atoms with Crippen molar-refractivity contribution in [3.63, 3.8) is 0 Å². The number of hydrogen-bond donors (Lipinski definition) is 0. The van der Waals surface area contributed by atoms with E-state index >= 15 is 0 Å². The van der Waals surface area contributed by atoms with Crippen molar-refractivity contribution in [2.45, 2.75) is 0 Å². The number of rotatable bonds is 3. The molecule has 0 aliphatic heterocycles. The fraction of sp³-hybridized carbons (Fsp3) is 0.0312. The van der Waals surface area contributed by atoms with Gasteiger partial charge in [-0.25, -0.2) is 4.79 Å². The standard InChI is InChI=1S/C32H21NO3/c1-35-29-13-7-11-25-24-16-14-21(19-30(24)36-32(34)31(25)29)20-15-17-28-26(18-20)23-10-5-6-12-27(23)33(28)22-8-3-2-4-9-22/h2-19H,1H3. The first-order valence-corrected chi connectivity index (χ1v) is 11.9. The van der Waals surface area contributed by atoms with Crippen LogP contribution < -0.4 is 10.4 Å². The van der Waals surface area contributed by atoms with E-state index in [9.17, 15) is 4.79 Å². The van der Waals surface area contributed by atoms with E-state index < -0.39 is 5.63 Å². The Balaban J connectivity index is 1.45. The van der Waals surface area contributed by atoms with Crippen molar-refractivity contribution < 1.29 is 9.15 Å². The molecule has 0 aliphatic carbocycles. The zero-order chi connectivity index (χ0) is 24.2. The number of methoxy groups -OCH3 is 1. The van der Waals surface area contributed by atoms with Crippen LogP contribution in [0.4, 0.5) is 0 Å². The summed E-state index contributed by atoms with van der Waals surface area (Å²) in [7, 11) is 1.56. The van der Waals surface area contributed by atoms with Gasteiger partial charge >= 0.3 is 5.63 Å². The maximum absolute atomic E-state index is 12.8. The van der Waals surface area contributed by atoms with Gasteiger partial charge in [-0.15, -0.1) is 0 Å². The van der Waals surface area contributed by atoms with Crippen molar-refractivity contribution in [3.05, 3.63) is 120 Å². The topological polar surface area (TPSA) is 44.4 Å². The van der Waals surface area contributed by atoms with Gasteiger partial charge in [0.15, 0.2) is 0 Å². The molecule has 2 heterocycles.